The van der Waals surface area contributed by atoms with Gasteiger partial charge in [0.15, 0.2) is 5.71 Å². The van der Waals surface area contributed by atoms with Gasteiger partial charge >= 0.3 is 0 Å². The van der Waals surface area contributed by atoms with E-state index in [9.17, 15) is 22.6 Å². The number of Topliss-reactive ketones (excluding diaryl/α,β-unsaturated/α-hetero) is 1. The molecule has 3 aromatic rings. The summed E-state index contributed by atoms with van der Waals surface area (Å²) in [6.45, 7) is 3.19. The van der Waals surface area contributed by atoms with E-state index in [4.69, 9.17) is 19.3 Å². The Morgan fingerprint density at radius 1 is 0.977 bits per heavy atom. The molecule has 0 fully saturated rings. The van der Waals surface area contributed by atoms with Crippen molar-refractivity contribution < 1.29 is 41.9 Å². The Balaban J connectivity index is 1.67. The third-order valence-corrected chi connectivity index (χ3v) is 7.08. The third kappa shape index (κ3) is 7.26. The van der Waals surface area contributed by atoms with Gasteiger partial charge in [-0.3, -0.25) is 19.6 Å². The summed E-state index contributed by atoms with van der Waals surface area (Å²) in [7, 11) is -2.10. The van der Waals surface area contributed by atoms with Gasteiger partial charge < -0.3 is 24.6 Å². The lowest BCUT2D eigenvalue weighted by Gasteiger charge is -2.18. The van der Waals surface area contributed by atoms with Crippen LogP contribution in [0.5, 0.6) is 17.2 Å². The fourth-order valence-corrected chi connectivity index (χ4v) is 4.84. The highest BCUT2D eigenvalue weighted by atomic mass is 32.2. The number of benzene rings is 3. The molecule has 15 heteroatoms. The van der Waals surface area contributed by atoms with Crippen LogP contribution < -0.4 is 25.0 Å². The third-order valence-electron chi connectivity index (χ3n) is 6.21. The maximum absolute atomic E-state index is 13.3. The molecule has 44 heavy (non-hydrogen) atoms. The Labute approximate surface area is 252 Å². The molecular weight excluding hydrogens is 594 g/mol. The Morgan fingerprint density at radius 3 is 2.34 bits per heavy atom. The topological polar surface area (TPSA) is 198 Å². The molecule has 0 heterocycles. The largest absolute Gasteiger partial charge is 0.494 e. The number of allylic oxidation sites excluding steroid dienone is 1. The van der Waals surface area contributed by atoms with Crippen molar-refractivity contribution in [3.05, 3.63) is 70.1 Å². The molecule has 0 atom stereocenters. The van der Waals surface area contributed by atoms with E-state index in [1.807, 2.05) is 6.92 Å². The summed E-state index contributed by atoms with van der Waals surface area (Å²) >= 11 is 0. The Kier molecular flexibility index (Phi) is 9.73. The lowest BCUT2D eigenvalue weighted by atomic mass is 9.94. The van der Waals surface area contributed by atoms with Gasteiger partial charge in [0.25, 0.3) is 10.1 Å². The smallest absolute Gasteiger partial charge is 0.296 e. The minimum Gasteiger partial charge on any atom is -0.494 e. The maximum atomic E-state index is 13.3. The standard InChI is InChI=1S/C29H29N5O9S/c1-16-11-20(43-10-9-35)6-8-22(16)31-32-23-14-26(42-4)24(15-25(23)41-3)33-34-28-27(44(38,39)40)13-18-12-19(30-17(2)36)5-7-21(18)29(28)37/h5-8,11-15,33,35H,9-10H2,1-4H3,(H,30,36)(H,38,39,40)/b32-31+,34-28-. The fourth-order valence-electron chi connectivity index (χ4n) is 4.19. The summed E-state index contributed by atoms with van der Waals surface area (Å²) in [6, 6.07) is 12.4. The predicted octanol–water partition coefficient (Wildman–Crippen LogP) is 4.65. The number of aliphatic hydroxyl groups excluding tert-OH is 1. The van der Waals surface area contributed by atoms with Crippen LogP contribution in [0.1, 0.15) is 28.4 Å². The molecule has 0 bridgehead atoms. The number of ether oxygens (including phenoxy) is 3. The van der Waals surface area contributed by atoms with Gasteiger partial charge in [-0.15, -0.1) is 5.11 Å². The van der Waals surface area contributed by atoms with E-state index in [0.29, 0.717) is 22.8 Å². The van der Waals surface area contributed by atoms with Crippen molar-refractivity contribution in [3.8, 4) is 17.2 Å². The highest BCUT2D eigenvalue weighted by molar-refractivity contribution is 7.91. The number of rotatable bonds is 11. The Bertz CT molecular complexity index is 1820. The maximum Gasteiger partial charge on any atom is 0.296 e. The zero-order chi connectivity index (χ0) is 32.0. The molecule has 0 saturated heterocycles. The Morgan fingerprint density at radius 2 is 1.70 bits per heavy atom. The number of ketones is 1. The average molecular weight is 624 g/mol. The number of carbonyl (C=O) groups excluding carboxylic acids is 2. The number of hydrogen-bond donors (Lipinski definition) is 4. The van der Waals surface area contributed by atoms with Crippen LogP contribution in [0.25, 0.3) is 6.08 Å². The average Bonchev–Trinajstić information content (AvgIpc) is 2.98. The van der Waals surface area contributed by atoms with Crippen molar-refractivity contribution in [1.82, 2.24) is 0 Å². The lowest BCUT2D eigenvalue weighted by Crippen LogP contribution is -2.27. The number of hydrazone groups is 1. The fraction of sp³-hybridized carbons (Fsp3) is 0.207. The van der Waals surface area contributed by atoms with Crippen molar-refractivity contribution in [2.75, 3.05) is 38.2 Å². The van der Waals surface area contributed by atoms with Crippen molar-refractivity contribution >= 4 is 56.3 Å². The molecule has 0 radical (unpaired) electrons. The predicted molar refractivity (Wildman–Crippen MR) is 163 cm³/mol. The summed E-state index contributed by atoms with van der Waals surface area (Å²) in [5.74, 6) is -0.114. The summed E-state index contributed by atoms with van der Waals surface area (Å²) < 4.78 is 50.7. The van der Waals surface area contributed by atoms with Crippen LogP contribution in [-0.4, -0.2) is 62.9 Å². The number of hydrogen-bond acceptors (Lipinski definition) is 12. The first-order valence-corrected chi connectivity index (χ1v) is 14.4. The summed E-state index contributed by atoms with van der Waals surface area (Å²) in [4.78, 5) is 24.0. The molecule has 1 aliphatic rings. The molecule has 1 amide bonds. The molecule has 14 nitrogen and oxygen atoms in total. The number of amides is 1. The SMILES string of the molecule is COc1cc(N/N=C2\C(=O)c3ccc(NC(C)=O)cc3C=C2S(=O)(=O)O)c(OC)cc1/N=N/c1ccc(OCCO)cc1C. The van der Waals surface area contributed by atoms with Crippen molar-refractivity contribution in [1.29, 1.82) is 0 Å². The quantitative estimate of drug-likeness (QED) is 0.132. The molecule has 3 aromatic carbocycles. The second-order valence-corrected chi connectivity index (χ2v) is 10.7. The van der Waals surface area contributed by atoms with Crippen molar-refractivity contribution in [3.63, 3.8) is 0 Å². The van der Waals surface area contributed by atoms with E-state index >= 15 is 0 Å². The zero-order valence-corrected chi connectivity index (χ0v) is 24.9. The Hall–Kier alpha value is -5.12. The number of aryl methyl sites for hydroxylation is 1. The first-order chi connectivity index (χ1) is 20.9. The van der Waals surface area contributed by atoms with Crippen LogP contribution in [0.2, 0.25) is 0 Å². The number of nitrogens with one attached hydrogen (secondary N) is 2. The van der Waals surface area contributed by atoms with Crippen LogP contribution in [0.3, 0.4) is 0 Å². The number of nitrogens with zero attached hydrogens (tertiary/aromatic N) is 3. The molecule has 0 saturated carbocycles. The molecule has 4 N–H and O–H groups in total. The molecule has 0 unspecified atom stereocenters. The van der Waals surface area contributed by atoms with Gasteiger partial charge in [0, 0.05) is 30.3 Å². The van der Waals surface area contributed by atoms with Crippen molar-refractivity contribution in [2.45, 2.75) is 13.8 Å². The van der Waals surface area contributed by atoms with Gasteiger partial charge in [0.05, 0.1) is 26.5 Å². The van der Waals surface area contributed by atoms with E-state index in [0.717, 1.165) is 11.6 Å². The number of fused-ring (bicyclic) bond motifs is 1. The molecule has 4 rings (SSSR count). The second kappa shape index (κ2) is 13.5. The normalized spacial score (nSPS) is 13.8. The lowest BCUT2D eigenvalue weighted by molar-refractivity contribution is -0.114. The van der Waals surface area contributed by atoms with E-state index < -0.39 is 26.5 Å². The van der Waals surface area contributed by atoms with Crippen molar-refractivity contribution in [2.24, 2.45) is 15.3 Å². The van der Waals surface area contributed by atoms with E-state index in [-0.39, 0.29) is 47.4 Å². The van der Waals surface area contributed by atoms with E-state index in [2.05, 4.69) is 26.1 Å². The first-order valence-electron chi connectivity index (χ1n) is 13.0. The van der Waals surface area contributed by atoms with Crippen LogP contribution in [-0.2, 0) is 14.9 Å². The molecule has 1 aliphatic carbocycles. The van der Waals surface area contributed by atoms with Gasteiger partial charge in [0.1, 0.15) is 40.1 Å². The summed E-state index contributed by atoms with van der Waals surface area (Å²) in [5.41, 5.74) is 4.48. The first kappa shape index (κ1) is 31.8. The molecule has 0 spiro atoms. The molecule has 0 aromatic heterocycles. The molecule has 230 valence electrons. The highest BCUT2D eigenvalue weighted by Crippen LogP contribution is 2.39. The van der Waals surface area contributed by atoms with Gasteiger partial charge in [-0.25, -0.2) is 0 Å². The van der Waals surface area contributed by atoms with Gasteiger partial charge in [-0.1, -0.05) is 0 Å². The van der Waals surface area contributed by atoms with Crippen LogP contribution in [0, 0.1) is 6.92 Å². The van der Waals surface area contributed by atoms with E-state index in [1.165, 1.54) is 51.5 Å². The highest BCUT2D eigenvalue weighted by Gasteiger charge is 2.33. The molecule has 0 aliphatic heterocycles. The number of aliphatic hydroxyl groups is 1. The number of carbonyl (C=O) groups is 2. The number of anilines is 2. The minimum atomic E-state index is -4.89. The molecular formula is C29H29N5O9S. The van der Waals surface area contributed by atoms with Crippen LogP contribution in [0.4, 0.5) is 22.7 Å². The van der Waals surface area contributed by atoms with Gasteiger partial charge in [-0.2, -0.15) is 18.6 Å². The van der Waals surface area contributed by atoms with Crippen LogP contribution >= 0.6 is 0 Å². The summed E-state index contributed by atoms with van der Waals surface area (Å²) in [5, 5.41) is 24.1. The summed E-state index contributed by atoms with van der Waals surface area (Å²) in [6.07, 6.45) is 1.09. The monoisotopic (exact) mass is 623 g/mol. The van der Waals surface area contributed by atoms with E-state index in [1.54, 1.807) is 18.2 Å². The van der Waals surface area contributed by atoms with Crippen LogP contribution in [0.15, 0.2) is 68.8 Å². The number of methoxy groups -OCH3 is 2. The zero-order valence-electron chi connectivity index (χ0n) is 24.1. The van der Waals surface area contributed by atoms with Gasteiger partial charge in [-0.05, 0) is 60.5 Å². The van der Waals surface area contributed by atoms with Gasteiger partial charge in [0.2, 0.25) is 11.7 Å². The number of azo groups is 1. The second-order valence-electron chi connectivity index (χ2n) is 9.31. The minimum absolute atomic E-state index is 0.107.